The van der Waals surface area contributed by atoms with Gasteiger partial charge in [-0.1, -0.05) is 81.6 Å². The number of aliphatic imine (C=N–C) groups is 1. The summed E-state index contributed by atoms with van der Waals surface area (Å²) in [7, 11) is 0. The van der Waals surface area contributed by atoms with Crippen LogP contribution in [0.15, 0.2) is 56.9 Å². The van der Waals surface area contributed by atoms with E-state index in [9.17, 15) is 4.79 Å². The van der Waals surface area contributed by atoms with E-state index in [4.69, 9.17) is 14.3 Å². The maximum absolute atomic E-state index is 13.7. The predicted octanol–water partition coefficient (Wildman–Crippen LogP) is 8.88. The summed E-state index contributed by atoms with van der Waals surface area (Å²) in [5.41, 5.74) is 4.94. The van der Waals surface area contributed by atoms with Gasteiger partial charge >= 0.3 is 0 Å². The van der Waals surface area contributed by atoms with Crippen LogP contribution in [0.3, 0.4) is 0 Å². The Morgan fingerprint density at radius 3 is 2.52 bits per heavy atom. The number of amides is 1. The SMILES string of the molecule is CC.CCCCC1=NC2(CCCC2)C(=O)N1Cc1ccc(-c2ccccc2SNc2noc(C)c2C)c(COCC)c1. The smallest absolute Gasteiger partial charge is 0.256 e. The molecule has 0 atom stereocenters. The first-order valence-corrected chi connectivity index (χ1v) is 16.3. The fourth-order valence-electron chi connectivity index (χ4n) is 5.61. The van der Waals surface area contributed by atoms with Crippen LogP contribution in [0.5, 0.6) is 0 Å². The Bertz CT molecular complexity index is 1380. The van der Waals surface area contributed by atoms with Gasteiger partial charge in [0.05, 0.1) is 13.2 Å². The topological polar surface area (TPSA) is 80.0 Å². The van der Waals surface area contributed by atoms with Gasteiger partial charge in [-0.15, -0.1) is 0 Å². The number of carbonyl (C=O) groups is 1. The third-order valence-electron chi connectivity index (χ3n) is 8.05. The van der Waals surface area contributed by atoms with Gasteiger partial charge in [0.2, 0.25) is 0 Å². The first-order valence-electron chi connectivity index (χ1n) is 15.5. The maximum Gasteiger partial charge on any atom is 0.256 e. The van der Waals surface area contributed by atoms with Crippen LogP contribution in [0.2, 0.25) is 0 Å². The van der Waals surface area contributed by atoms with E-state index in [2.05, 4.69) is 53.2 Å². The number of unbranched alkanes of at least 4 members (excludes halogenated alkanes) is 1. The summed E-state index contributed by atoms with van der Waals surface area (Å²) in [5.74, 6) is 2.70. The zero-order chi connectivity index (χ0) is 30.1. The second kappa shape index (κ2) is 14.9. The average molecular weight is 591 g/mol. The lowest BCUT2D eigenvalue weighted by Gasteiger charge is -2.23. The van der Waals surface area contributed by atoms with Gasteiger partial charge < -0.3 is 14.0 Å². The van der Waals surface area contributed by atoms with Gasteiger partial charge in [0.25, 0.3) is 5.91 Å². The Hall–Kier alpha value is -3.10. The Morgan fingerprint density at radius 1 is 1.07 bits per heavy atom. The number of amidine groups is 1. The van der Waals surface area contributed by atoms with Crippen LogP contribution in [0.4, 0.5) is 5.82 Å². The molecule has 5 rings (SSSR count). The van der Waals surface area contributed by atoms with Crippen molar-refractivity contribution in [3.8, 4) is 11.1 Å². The molecule has 2 aliphatic rings. The number of anilines is 1. The molecule has 1 aliphatic heterocycles. The van der Waals surface area contributed by atoms with Gasteiger partial charge in [-0.05, 0) is 80.3 Å². The van der Waals surface area contributed by atoms with Crippen LogP contribution in [0.1, 0.15) is 95.1 Å². The first-order chi connectivity index (χ1) is 20.5. The van der Waals surface area contributed by atoms with E-state index in [0.29, 0.717) is 19.8 Å². The van der Waals surface area contributed by atoms with Gasteiger partial charge in [0, 0.05) is 23.5 Å². The molecule has 0 radical (unpaired) electrons. The minimum Gasteiger partial charge on any atom is -0.377 e. The van der Waals surface area contributed by atoms with Crippen molar-refractivity contribution in [2.75, 3.05) is 11.3 Å². The fourth-order valence-corrected chi connectivity index (χ4v) is 6.45. The number of aromatic nitrogens is 1. The number of hydrogen-bond acceptors (Lipinski definition) is 7. The van der Waals surface area contributed by atoms with Gasteiger partial charge in [0.15, 0.2) is 5.82 Å². The lowest BCUT2D eigenvalue weighted by Crippen LogP contribution is -2.40. The van der Waals surface area contributed by atoms with Crippen molar-refractivity contribution in [1.29, 1.82) is 0 Å². The normalized spacial score (nSPS) is 15.6. The molecule has 3 aromatic rings. The Labute approximate surface area is 255 Å². The van der Waals surface area contributed by atoms with Crippen molar-refractivity contribution >= 4 is 29.5 Å². The van der Waals surface area contributed by atoms with Crippen molar-refractivity contribution in [2.24, 2.45) is 4.99 Å². The van der Waals surface area contributed by atoms with Crippen LogP contribution in [-0.2, 0) is 22.7 Å². The molecule has 0 bridgehead atoms. The van der Waals surface area contributed by atoms with Gasteiger partial charge in [-0.25, -0.2) is 0 Å². The van der Waals surface area contributed by atoms with Crippen molar-refractivity contribution in [1.82, 2.24) is 10.1 Å². The van der Waals surface area contributed by atoms with Gasteiger partial charge in [-0.3, -0.25) is 14.7 Å². The molecule has 1 aromatic heterocycles. The summed E-state index contributed by atoms with van der Waals surface area (Å²) in [4.78, 5) is 21.8. The summed E-state index contributed by atoms with van der Waals surface area (Å²) in [5, 5.41) is 4.14. The molecule has 42 heavy (non-hydrogen) atoms. The molecule has 2 heterocycles. The Kier molecular flexibility index (Phi) is 11.3. The quantitative estimate of drug-likeness (QED) is 0.212. The number of aryl methyl sites for hydroxylation is 1. The summed E-state index contributed by atoms with van der Waals surface area (Å²) in [6, 6.07) is 14.9. The molecular weight excluding hydrogens is 544 g/mol. The second-order valence-corrected chi connectivity index (χ2v) is 11.7. The molecule has 1 spiro atoms. The molecule has 1 aliphatic carbocycles. The van der Waals surface area contributed by atoms with Gasteiger partial charge in [-0.2, -0.15) is 0 Å². The van der Waals surface area contributed by atoms with Crippen molar-refractivity contribution in [3.05, 3.63) is 64.9 Å². The molecule has 8 heteroatoms. The van der Waals surface area contributed by atoms with E-state index in [-0.39, 0.29) is 5.91 Å². The van der Waals surface area contributed by atoms with Crippen LogP contribution >= 0.6 is 11.9 Å². The predicted molar refractivity (Wildman–Crippen MR) is 173 cm³/mol. The highest BCUT2D eigenvalue weighted by Crippen LogP contribution is 2.41. The molecule has 7 nitrogen and oxygen atoms in total. The molecule has 1 saturated carbocycles. The Balaban J connectivity index is 0.00000198. The molecule has 1 fully saturated rings. The Morgan fingerprint density at radius 2 is 1.83 bits per heavy atom. The van der Waals surface area contributed by atoms with E-state index in [0.717, 1.165) is 95.1 Å². The number of benzene rings is 2. The first kappa shape index (κ1) is 31.8. The third-order valence-corrected chi connectivity index (χ3v) is 8.92. The van der Waals surface area contributed by atoms with E-state index < -0.39 is 5.54 Å². The largest absolute Gasteiger partial charge is 0.377 e. The molecule has 2 aromatic carbocycles. The minimum atomic E-state index is -0.513. The van der Waals surface area contributed by atoms with E-state index in [1.165, 1.54) is 11.9 Å². The molecule has 0 unspecified atom stereocenters. The number of carbonyl (C=O) groups excluding carboxylic acids is 1. The van der Waals surface area contributed by atoms with Crippen LogP contribution in [0.25, 0.3) is 11.1 Å². The summed E-state index contributed by atoms with van der Waals surface area (Å²) < 4.78 is 14.6. The lowest BCUT2D eigenvalue weighted by molar-refractivity contribution is -0.131. The number of rotatable bonds is 12. The maximum atomic E-state index is 13.7. The molecule has 1 N–H and O–H groups in total. The highest BCUT2D eigenvalue weighted by Gasteiger charge is 2.49. The zero-order valence-corrected chi connectivity index (χ0v) is 26.9. The standard InChI is InChI=1S/C32H40N4O3S.C2H6/c1-5-7-14-29-33-32(17-10-11-18-32)31(37)36(29)20-24-15-16-26(25(19-24)21-38-6-2)27-12-8-9-13-28(27)40-35-30-22(3)23(4)39-34-30;1-2/h8-9,12-13,15-16,19H,5-7,10-11,14,17-18,20-21H2,1-4H3,(H,34,35);1-2H3. The third kappa shape index (κ3) is 6.92. The fraction of sp³-hybridized carbons (Fsp3) is 0.500. The van der Waals surface area contributed by atoms with E-state index >= 15 is 0 Å². The molecular formula is C34H46N4O3S. The lowest BCUT2D eigenvalue weighted by atomic mass is 9.96. The monoisotopic (exact) mass is 590 g/mol. The number of nitrogens with one attached hydrogen (secondary N) is 1. The highest BCUT2D eigenvalue weighted by atomic mass is 32.2. The van der Waals surface area contributed by atoms with Crippen molar-refractivity contribution in [3.63, 3.8) is 0 Å². The molecule has 1 amide bonds. The summed E-state index contributed by atoms with van der Waals surface area (Å²) >= 11 is 1.52. The number of hydrogen-bond donors (Lipinski definition) is 1. The van der Waals surface area contributed by atoms with Crippen LogP contribution < -0.4 is 4.72 Å². The highest BCUT2D eigenvalue weighted by molar-refractivity contribution is 8.00. The van der Waals surface area contributed by atoms with Gasteiger partial charge in [0.1, 0.15) is 17.1 Å². The van der Waals surface area contributed by atoms with Crippen LogP contribution in [0, 0.1) is 13.8 Å². The summed E-state index contributed by atoms with van der Waals surface area (Å²) in [6.07, 6.45) is 6.91. The van der Waals surface area contributed by atoms with Crippen LogP contribution in [-0.4, -0.2) is 33.9 Å². The number of ether oxygens (including phenoxy) is 1. The second-order valence-electron chi connectivity index (χ2n) is 10.8. The van der Waals surface area contributed by atoms with Crippen molar-refractivity contribution < 1.29 is 14.1 Å². The molecule has 226 valence electrons. The number of nitrogens with zero attached hydrogens (tertiary/aromatic N) is 3. The zero-order valence-electron chi connectivity index (χ0n) is 26.1. The van der Waals surface area contributed by atoms with Crippen molar-refractivity contribution in [2.45, 2.75) is 110 Å². The minimum absolute atomic E-state index is 0.192. The molecule has 0 saturated heterocycles. The van der Waals surface area contributed by atoms with E-state index in [1.54, 1.807) is 0 Å². The van der Waals surface area contributed by atoms with E-state index in [1.807, 2.05) is 45.6 Å². The summed E-state index contributed by atoms with van der Waals surface area (Å²) in [6.45, 7) is 13.8. The average Bonchev–Trinajstić information content (AvgIpc) is 3.70.